The standard InChI is InChI=1S/C21H25ClN4OS2.C2H6/c1-12(2)10-17-18(14-5-4-13(3)15(22)11-14)26-21(29-17)25-16-6-9-28-19(16)20(27)24-8-7-23;1-2/h4-6,9,11-12H,7-8,10,23H2,1-3H3,(H,24,27)(H,25,26);1-2H3. The molecule has 0 bridgehead atoms. The van der Waals surface area contributed by atoms with E-state index in [9.17, 15) is 4.79 Å². The summed E-state index contributed by atoms with van der Waals surface area (Å²) in [5, 5.41) is 9.54. The van der Waals surface area contributed by atoms with Crippen molar-refractivity contribution < 1.29 is 4.79 Å². The molecule has 0 aliphatic carbocycles. The first-order chi connectivity index (χ1) is 14.9. The highest BCUT2D eigenvalue weighted by atomic mass is 35.5. The predicted molar refractivity (Wildman–Crippen MR) is 136 cm³/mol. The average Bonchev–Trinajstić information content (AvgIpc) is 3.36. The lowest BCUT2D eigenvalue weighted by Gasteiger charge is -2.06. The second-order valence-corrected chi connectivity index (χ2v) is 9.59. The van der Waals surface area contributed by atoms with Gasteiger partial charge in [-0.3, -0.25) is 4.79 Å². The molecular weight excluding hydrogens is 448 g/mol. The third kappa shape index (κ3) is 6.77. The number of thiazole rings is 1. The van der Waals surface area contributed by atoms with E-state index < -0.39 is 0 Å². The van der Waals surface area contributed by atoms with Gasteiger partial charge in [0.2, 0.25) is 0 Å². The van der Waals surface area contributed by atoms with Gasteiger partial charge in [-0.2, -0.15) is 0 Å². The smallest absolute Gasteiger partial charge is 0.263 e. The highest BCUT2D eigenvalue weighted by Crippen LogP contribution is 2.36. The quantitative estimate of drug-likeness (QED) is 0.345. The number of benzene rings is 1. The monoisotopic (exact) mass is 478 g/mol. The third-order valence-electron chi connectivity index (χ3n) is 4.28. The van der Waals surface area contributed by atoms with Crippen LogP contribution >= 0.6 is 34.3 Å². The first-order valence-electron chi connectivity index (χ1n) is 10.5. The summed E-state index contributed by atoms with van der Waals surface area (Å²) < 4.78 is 0. The van der Waals surface area contributed by atoms with E-state index in [1.54, 1.807) is 11.3 Å². The molecule has 0 unspecified atom stereocenters. The van der Waals surface area contributed by atoms with Gasteiger partial charge >= 0.3 is 0 Å². The van der Waals surface area contributed by atoms with Crippen molar-refractivity contribution in [3.63, 3.8) is 0 Å². The fourth-order valence-electron chi connectivity index (χ4n) is 2.84. The number of hydrogen-bond acceptors (Lipinski definition) is 6. The molecule has 2 aromatic heterocycles. The van der Waals surface area contributed by atoms with Crippen LogP contribution in [0.2, 0.25) is 5.02 Å². The lowest BCUT2D eigenvalue weighted by Crippen LogP contribution is -2.28. The van der Waals surface area contributed by atoms with E-state index in [4.69, 9.17) is 22.3 Å². The number of rotatable bonds is 8. The Kier molecular flexibility index (Phi) is 9.96. The van der Waals surface area contributed by atoms with Crippen LogP contribution in [-0.4, -0.2) is 24.0 Å². The first-order valence-corrected chi connectivity index (χ1v) is 12.6. The number of aryl methyl sites for hydroxylation is 1. The topological polar surface area (TPSA) is 80.0 Å². The second kappa shape index (κ2) is 12.2. The zero-order valence-corrected chi connectivity index (χ0v) is 21.1. The summed E-state index contributed by atoms with van der Waals surface area (Å²) in [7, 11) is 0. The fraction of sp³-hybridized carbons (Fsp3) is 0.391. The first kappa shape index (κ1) is 25.3. The van der Waals surface area contributed by atoms with Gasteiger partial charge in [-0.15, -0.1) is 22.7 Å². The van der Waals surface area contributed by atoms with Crippen molar-refractivity contribution in [2.45, 2.75) is 41.0 Å². The van der Waals surface area contributed by atoms with Crippen molar-refractivity contribution in [1.82, 2.24) is 10.3 Å². The predicted octanol–water partition coefficient (Wildman–Crippen LogP) is 6.49. The maximum Gasteiger partial charge on any atom is 0.263 e. The number of nitrogens with one attached hydrogen (secondary N) is 2. The Morgan fingerprint density at radius 2 is 2.00 bits per heavy atom. The van der Waals surface area contributed by atoms with Crippen LogP contribution in [0.5, 0.6) is 0 Å². The van der Waals surface area contributed by atoms with Crippen LogP contribution in [0, 0.1) is 12.8 Å². The molecular formula is C23H31ClN4OS2. The lowest BCUT2D eigenvalue weighted by atomic mass is 10.0. The zero-order chi connectivity index (χ0) is 23.0. The molecule has 3 rings (SSSR count). The van der Waals surface area contributed by atoms with Crippen molar-refractivity contribution >= 4 is 51.0 Å². The number of hydrogen-bond donors (Lipinski definition) is 3. The number of nitrogens with two attached hydrogens (primary N) is 1. The van der Waals surface area contributed by atoms with Crippen LogP contribution in [0.25, 0.3) is 11.3 Å². The molecule has 8 heteroatoms. The van der Waals surface area contributed by atoms with Gasteiger partial charge in [-0.25, -0.2) is 4.98 Å². The fourth-order valence-corrected chi connectivity index (χ4v) is 5.00. The van der Waals surface area contributed by atoms with Crippen molar-refractivity contribution in [1.29, 1.82) is 0 Å². The van der Waals surface area contributed by atoms with Crippen molar-refractivity contribution in [3.8, 4) is 11.3 Å². The number of halogens is 1. The molecule has 1 aromatic carbocycles. The summed E-state index contributed by atoms with van der Waals surface area (Å²) in [5.41, 5.74) is 9.22. The van der Waals surface area contributed by atoms with Crippen LogP contribution in [0.1, 0.15) is 47.8 Å². The van der Waals surface area contributed by atoms with E-state index in [1.165, 1.54) is 16.2 Å². The van der Waals surface area contributed by atoms with Crippen molar-refractivity contribution in [2.24, 2.45) is 11.7 Å². The van der Waals surface area contributed by atoms with Gasteiger partial charge in [-0.1, -0.05) is 51.4 Å². The average molecular weight is 479 g/mol. The highest BCUT2D eigenvalue weighted by molar-refractivity contribution is 7.16. The summed E-state index contributed by atoms with van der Waals surface area (Å²) in [5.74, 6) is 0.374. The maximum atomic E-state index is 12.4. The molecule has 0 radical (unpaired) electrons. The molecule has 3 aromatic rings. The Balaban J connectivity index is 0.00000166. The minimum Gasteiger partial charge on any atom is -0.350 e. The van der Waals surface area contributed by atoms with E-state index in [1.807, 2.05) is 44.4 Å². The largest absolute Gasteiger partial charge is 0.350 e. The molecule has 0 saturated carbocycles. The normalized spacial score (nSPS) is 10.6. The number of nitrogens with zero attached hydrogens (tertiary/aromatic N) is 1. The number of thiophene rings is 1. The number of amides is 1. The Bertz CT molecular complexity index is 997. The van der Waals surface area contributed by atoms with Gasteiger partial charge in [-0.05, 0) is 42.3 Å². The summed E-state index contributed by atoms with van der Waals surface area (Å²) >= 11 is 9.36. The molecule has 1 amide bonds. The zero-order valence-electron chi connectivity index (χ0n) is 18.7. The van der Waals surface area contributed by atoms with E-state index >= 15 is 0 Å². The van der Waals surface area contributed by atoms with Gasteiger partial charge in [0.15, 0.2) is 5.13 Å². The summed E-state index contributed by atoms with van der Waals surface area (Å²) in [6, 6.07) is 7.94. The SMILES string of the molecule is CC.Cc1ccc(-c2nc(Nc3ccsc3C(=O)NCCN)sc2CC(C)C)cc1Cl. The Hall–Kier alpha value is -1.93. The summed E-state index contributed by atoms with van der Waals surface area (Å²) in [4.78, 5) is 19.0. The Morgan fingerprint density at radius 1 is 1.26 bits per heavy atom. The Labute approximate surface area is 198 Å². The van der Waals surface area contributed by atoms with Gasteiger partial charge in [0.05, 0.1) is 11.4 Å². The molecule has 0 aliphatic heterocycles. The number of aromatic nitrogens is 1. The highest BCUT2D eigenvalue weighted by Gasteiger charge is 2.18. The summed E-state index contributed by atoms with van der Waals surface area (Å²) in [6.07, 6.45) is 0.924. The molecule has 0 atom stereocenters. The van der Waals surface area contributed by atoms with Gasteiger partial charge < -0.3 is 16.4 Å². The molecule has 31 heavy (non-hydrogen) atoms. The van der Waals surface area contributed by atoms with Gasteiger partial charge in [0, 0.05) is 28.6 Å². The number of carbonyl (C=O) groups excluding carboxylic acids is 1. The molecule has 5 nitrogen and oxygen atoms in total. The van der Waals surface area contributed by atoms with E-state index in [0.717, 1.165) is 39.1 Å². The van der Waals surface area contributed by atoms with Crippen LogP contribution in [-0.2, 0) is 6.42 Å². The minimum atomic E-state index is -0.127. The molecule has 4 N–H and O–H groups in total. The van der Waals surface area contributed by atoms with E-state index in [0.29, 0.717) is 23.9 Å². The number of carbonyl (C=O) groups is 1. The molecule has 168 valence electrons. The van der Waals surface area contributed by atoms with Gasteiger partial charge in [0.1, 0.15) is 4.88 Å². The minimum absolute atomic E-state index is 0.127. The molecule has 0 fully saturated rings. The lowest BCUT2D eigenvalue weighted by molar-refractivity contribution is 0.0959. The van der Waals surface area contributed by atoms with Crippen molar-refractivity contribution in [3.05, 3.63) is 50.0 Å². The second-order valence-electron chi connectivity index (χ2n) is 7.19. The maximum absolute atomic E-state index is 12.4. The summed E-state index contributed by atoms with van der Waals surface area (Å²) in [6.45, 7) is 11.2. The number of anilines is 2. The van der Waals surface area contributed by atoms with Gasteiger partial charge in [0.25, 0.3) is 5.91 Å². The Morgan fingerprint density at radius 3 is 2.65 bits per heavy atom. The van der Waals surface area contributed by atoms with E-state index in [2.05, 4.69) is 30.5 Å². The van der Waals surface area contributed by atoms with E-state index in [-0.39, 0.29) is 5.91 Å². The molecule has 2 heterocycles. The molecule has 0 aliphatic rings. The molecule has 0 saturated heterocycles. The third-order valence-corrected chi connectivity index (χ3v) is 6.59. The van der Waals surface area contributed by atoms with Crippen LogP contribution < -0.4 is 16.4 Å². The van der Waals surface area contributed by atoms with Crippen molar-refractivity contribution in [2.75, 3.05) is 18.4 Å². The van der Waals surface area contributed by atoms with Crippen LogP contribution in [0.3, 0.4) is 0 Å². The van der Waals surface area contributed by atoms with Crippen LogP contribution in [0.4, 0.5) is 10.8 Å². The molecule has 0 spiro atoms. The van der Waals surface area contributed by atoms with Crippen LogP contribution in [0.15, 0.2) is 29.6 Å².